The van der Waals surface area contributed by atoms with Crippen molar-refractivity contribution in [1.82, 2.24) is 10.2 Å². The van der Waals surface area contributed by atoms with Crippen molar-refractivity contribution in [3.8, 4) is 0 Å². The lowest BCUT2D eigenvalue weighted by Gasteiger charge is -2.28. The molecule has 164 valence electrons. The van der Waals surface area contributed by atoms with Gasteiger partial charge in [-0.15, -0.1) is 0 Å². The fourth-order valence-corrected chi connectivity index (χ4v) is 4.43. The minimum Gasteiger partial charge on any atom is -0.374 e. The number of nitrogens with zero attached hydrogens (tertiary/aromatic N) is 2. The molecule has 0 spiro atoms. The van der Waals surface area contributed by atoms with E-state index in [-0.39, 0.29) is 11.7 Å². The number of benzene rings is 2. The maximum atomic E-state index is 13.7. The highest BCUT2D eigenvalue weighted by Gasteiger charge is 2.27. The fraction of sp³-hybridized carbons (Fsp3) is 0.417. The molecule has 2 N–H and O–H groups in total. The third-order valence-corrected chi connectivity index (χ3v) is 6.29. The molecule has 1 saturated heterocycles. The van der Waals surface area contributed by atoms with Gasteiger partial charge in [0.05, 0.1) is 6.04 Å². The number of likely N-dealkylation sites (N-methyl/N-ethyl adjacent to an activating group) is 1. The number of fused-ring (bicyclic) bond motifs is 1. The molecule has 0 unspecified atom stereocenters. The van der Waals surface area contributed by atoms with Gasteiger partial charge in [-0.05, 0) is 74.2 Å². The van der Waals surface area contributed by atoms with Crippen molar-refractivity contribution in [3.05, 3.63) is 58.9 Å². The summed E-state index contributed by atoms with van der Waals surface area (Å²) in [6.07, 6.45) is 3.30. The van der Waals surface area contributed by atoms with Gasteiger partial charge in [-0.25, -0.2) is 4.39 Å². The smallest absolute Gasteiger partial charge is 0.313 e. The van der Waals surface area contributed by atoms with Gasteiger partial charge in [-0.1, -0.05) is 18.2 Å². The molecule has 31 heavy (non-hydrogen) atoms. The summed E-state index contributed by atoms with van der Waals surface area (Å²) in [5, 5.41) is 5.26. The molecule has 0 aliphatic carbocycles. The van der Waals surface area contributed by atoms with E-state index in [9.17, 15) is 14.0 Å². The molecule has 4 rings (SSSR count). The van der Waals surface area contributed by atoms with Crippen molar-refractivity contribution in [2.45, 2.75) is 32.2 Å². The van der Waals surface area contributed by atoms with E-state index in [1.807, 2.05) is 0 Å². The Kier molecular flexibility index (Phi) is 6.23. The second kappa shape index (κ2) is 9.06. The molecule has 2 aliphatic rings. The largest absolute Gasteiger partial charge is 0.374 e. The van der Waals surface area contributed by atoms with Gasteiger partial charge in [0, 0.05) is 31.5 Å². The Bertz CT molecular complexity index is 988. The van der Waals surface area contributed by atoms with E-state index in [1.54, 1.807) is 19.1 Å². The number of hydrogen-bond donors (Lipinski definition) is 2. The third kappa shape index (κ3) is 4.71. The Morgan fingerprint density at radius 3 is 2.58 bits per heavy atom. The molecule has 2 aliphatic heterocycles. The number of rotatable bonds is 5. The molecule has 0 bridgehead atoms. The van der Waals surface area contributed by atoms with Crippen LogP contribution in [0.5, 0.6) is 0 Å². The highest BCUT2D eigenvalue weighted by atomic mass is 19.1. The fourth-order valence-electron chi connectivity index (χ4n) is 4.43. The number of likely N-dealkylation sites (tertiary alicyclic amines) is 1. The number of anilines is 2. The Balaban J connectivity index is 1.43. The monoisotopic (exact) mass is 424 g/mol. The zero-order chi connectivity index (χ0) is 22.0. The van der Waals surface area contributed by atoms with Crippen LogP contribution in [0.25, 0.3) is 0 Å². The standard InChI is InChI=1S/C24H29FN4O2/c1-16-5-7-19(14-20(16)25)27-24(31)23(30)26-15-22(29-10-3-4-11-29)17-6-8-21-18(13-17)9-12-28(21)2/h5-8,13-14,22H,3-4,9-12,15H2,1-2H3,(H,26,30)(H,27,31)/t22-/m1/s1. The molecule has 7 heteroatoms. The van der Waals surface area contributed by atoms with Gasteiger partial charge in [0.2, 0.25) is 0 Å². The maximum absolute atomic E-state index is 13.7. The predicted octanol–water partition coefficient (Wildman–Crippen LogP) is 3.02. The van der Waals surface area contributed by atoms with Crippen molar-refractivity contribution >= 4 is 23.2 Å². The van der Waals surface area contributed by atoms with E-state index in [2.05, 4.69) is 45.7 Å². The predicted molar refractivity (Wildman–Crippen MR) is 120 cm³/mol. The van der Waals surface area contributed by atoms with Crippen LogP contribution in [0.1, 0.15) is 35.6 Å². The minimum absolute atomic E-state index is 0.0206. The number of carbonyl (C=O) groups excluding carboxylic acids is 2. The molecule has 0 radical (unpaired) electrons. The van der Waals surface area contributed by atoms with E-state index < -0.39 is 17.6 Å². The average molecular weight is 425 g/mol. The summed E-state index contributed by atoms with van der Waals surface area (Å²) < 4.78 is 13.7. The number of amides is 2. The maximum Gasteiger partial charge on any atom is 0.313 e. The lowest BCUT2D eigenvalue weighted by molar-refractivity contribution is -0.136. The molecule has 0 aromatic heterocycles. The summed E-state index contributed by atoms with van der Waals surface area (Å²) in [5.74, 6) is -1.93. The van der Waals surface area contributed by atoms with Crippen LogP contribution in [-0.2, 0) is 16.0 Å². The van der Waals surface area contributed by atoms with Crippen molar-refractivity contribution in [2.24, 2.45) is 0 Å². The second-order valence-corrected chi connectivity index (χ2v) is 8.45. The first-order valence-corrected chi connectivity index (χ1v) is 10.9. The number of aryl methyl sites for hydroxylation is 1. The first kappa shape index (κ1) is 21.3. The Morgan fingerprint density at radius 2 is 1.84 bits per heavy atom. The van der Waals surface area contributed by atoms with Crippen molar-refractivity contribution in [1.29, 1.82) is 0 Å². The van der Waals surface area contributed by atoms with Crippen LogP contribution in [0.15, 0.2) is 36.4 Å². The van der Waals surface area contributed by atoms with Gasteiger partial charge in [-0.3, -0.25) is 14.5 Å². The highest BCUT2D eigenvalue weighted by Crippen LogP contribution is 2.32. The first-order chi connectivity index (χ1) is 14.9. The van der Waals surface area contributed by atoms with Crippen LogP contribution in [0.4, 0.5) is 15.8 Å². The summed E-state index contributed by atoms with van der Waals surface area (Å²) in [6, 6.07) is 10.9. The molecule has 6 nitrogen and oxygen atoms in total. The van der Waals surface area contributed by atoms with Crippen LogP contribution >= 0.6 is 0 Å². The highest BCUT2D eigenvalue weighted by molar-refractivity contribution is 6.39. The number of carbonyl (C=O) groups is 2. The van der Waals surface area contributed by atoms with Crippen molar-refractivity contribution in [3.63, 3.8) is 0 Å². The molecule has 2 aromatic carbocycles. The van der Waals surface area contributed by atoms with Crippen molar-refractivity contribution < 1.29 is 14.0 Å². The molecule has 1 atom stereocenters. The van der Waals surface area contributed by atoms with Crippen molar-refractivity contribution in [2.75, 3.05) is 43.4 Å². The number of nitrogens with one attached hydrogen (secondary N) is 2. The minimum atomic E-state index is -0.793. The molecule has 2 amide bonds. The van der Waals surface area contributed by atoms with Gasteiger partial charge >= 0.3 is 11.8 Å². The average Bonchev–Trinajstić information content (AvgIpc) is 3.41. The van der Waals surface area contributed by atoms with E-state index in [4.69, 9.17) is 0 Å². The van der Waals surface area contributed by atoms with Gasteiger partial charge in [0.1, 0.15) is 5.82 Å². The Hall–Kier alpha value is -2.93. The topological polar surface area (TPSA) is 64.7 Å². The van der Waals surface area contributed by atoms with Gasteiger partial charge < -0.3 is 15.5 Å². The molecule has 2 heterocycles. The number of hydrogen-bond acceptors (Lipinski definition) is 4. The zero-order valence-corrected chi connectivity index (χ0v) is 18.1. The zero-order valence-electron chi connectivity index (χ0n) is 18.1. The first-order valence-electron chi connectivity index (χ1n) is 10.9. The Morgan fingerprint density at radius 1 is 1.06 bits per heavy atom. The summed E-state index contributed by atoms with van der Waals surface area (Å²) in [7, 11) is 2.10. The lowest BCUT2D eigenvalue weighted by Crippen LogP contribution is -2.41. The summed E-state index contributed by atoms with van der Waals surface area (Å²) in [6.45, 7) is 4.97. The molecule has 1 fully saturated rings. The molecular formula is C24H29FN4O2. The van der Waals surface area contributed by atoms with Gasteiger partial charge in [-0.2, -0.15) is 0 Å². The van der Waals surface area contributed by atoms with Crippen LogP contribution in [0.2, 0.25) is 0 Å². The van der Waals surface area contributed by atoms with E-state index in [0.717, 1.165) is 44.5 Å². The van der Waals surface area contributed by atoms with Gasteiger partial charge in [0.15, 0.2) is 0 Å². The van der Waals surface area contributed by atoms with Gasteiger partial charge in [0.25, 0.3) is 0 Å². The van der Waals surface area contributed by atoms with E-state index in [1.165, 1.54) is 17.3 Å². The van der Waals surface area contributed by atoms with E-state index in [0.29, 0.717) is 12.1 Å². The lowest BCUT2D eigenvalue weighted by atomic mass is 10.0. The summed E-state index contributed by atoms with van der Waals surface area (Å²) in [4.78, 5) is 29.4. The summed E-state index contributed by atoms with van der Waals surface area (Å²) >= 11 is 0. The van der Waals surface area contributed by atoms with E-state index >= 15 is 0 Å². The number of halogens is 1. The quantitative estimate of drug-likeness (QED) is 0.725. The Labute approximate surface area is 182 Å². The SMILES string of the molecule is Cc1ccc(NC(=O)C(=O)NC[C@H](c2ccc3c(c2)CCN3C)N2CCCC2)cc1F. The third-order valence-electron chi connectivity index (χ3n) is 6.29. The summed E-state index contributed by atoms with van der Waals surface area (Å²) in [5.41, 5.74) is 4.50. The van der Waals surface area contributed by atoms with Crippen LogP contribution in [-0.4, -0.2) is 49.9 Å². The molecule has 2 aromatic rings. The van der Waals surface area contributed by atoms with Crippen LogP contribution in [0.3, 0.4) is 0 Å². The molecular weight excluding hydrogens is 395 g/mol. The van der Waals surface area contributed by atoms with Crippen LogP contribution in [0, 0.1) is 12.7 Å². The van der Waals surface area contributed by atoms with Crippen LogP contribution < -0.4 is 15.5 Å². The molecule has 0 saturated carbocycles. The second-order valence-electron chi connectivity index (χ2n) is 8.45. The normalized spacial score (nSPS) is 16.8.